The largest absolute Gasteiger partial charge is 0.494 e. The van der Waals surface area contributed by atoms with E-state index in [-0.39, 0.29) is 35.6 Å². The van der Waals surface area contributed by atoms with Crippen LogP contribution in [0.15, 0.2) is 18.2 Å². The van der Waals surface area contributed by atoms with E-state index in [1.807, 2.05) is 0 Å². The highest BCUT2D eigenvalue weighted by Gasteiger charge is 2.37. The Balaban J connectivity index is 1.76. The molecule has 5 nitrogen and oxygen atoms in total. The summed E-state index contributed by atoms with van der Waals surface area (Å²) in [5.41, 5.74) is 0.714. The molecule has 1 aliphatic heterocycles. The first-order valence-electron chi connectivity index (χ1n) is 8.48. The highest BCUT2D eigenvalue weighted by atomic mass is 19.1. The van der Waals surface area contributed by atoms with Gasteiger partial charge in [-0.05, 0) is 49.3 Å². The lowest BCUT2D eigenvalue weighted by atomic mass is 9.75. The highest BCUT2D eigenvalue weighted by molar-refractivity contribution is 5.79. The second kappa shape index (κ2) is 7.49. The predicted molar refractivity (Wildman–Crippen MR) is 86.1 cm³/mol. The van der Waals surface area contributed by atoms with Crippen molar-refractivity contribution in [3.63, 3.8) is 0 Å². The average Bonchev–Trinajstić information content (AvgIpc) is 2.57. The zero-order chi connectivity index (χ0) is 17.1. The van der Waals surface area contributed by atoms with Crippen LogP contribution in [0.25, 0.3) is 0 Å². The fourth-order valence-electron chi connectivity index (χ4n) is 3.48. The van der Waals surface area contributed by atoms with Gasteiger partial charge in [0.1, 0.15) is 0 Å². The van der Waals surface area contributed by atoms with Crippen molar-refractivity contribution < 1.29 is 23.8 Å². The Morgan fingerprint density at radius 1 is 1.38 bits per heavy atom. The Kier molecular flexibility index (Phi) is 5.36. The minimum Gasteiger partial charge on any atom is -0.494 e. The maximum atomic E-state index is 14.1. The van der Waals surface area contributed by atoms with Gasteiger partial charge in [0.25, 0.3) is 0 Å². The number of methoxy groups -OCH3 is 1. The van der Waals surface area contributed by atoms with Crippen molar-refractivity contribution in [2.45, 2.75) is 37.8 Å². The Morgan fingerprint density at radius 2 is 2.08 bits per heavy atom. The van der Waals surface area contributed by atoms with Crippen molar-refractivity contribution in [2.75, 3.05) is 20.3 Å². The minimum absolute atomic E-state index is 0.0130. The van der Waals surface area contributed by atoms with E-state index in [4.69, 9.17) is 9.47 Å². The molecule has 1 amide bonds. The van der Waals surface area contributed by atoms with Crippen molar-refractivity contribution in [3.05, 3.63) is 29.6 Å². The monoisotopic (exact) mass is 337 g/mol. The Hall–Kier alpha value is -1.66. The van der Waals surface area contributed by atoms with Gasteiger partial charge in [0.2, 0.25) is 5.91 Å². The van der Waals surface area contributed by atoms with E-state index in [0.29, 0.717) is 44.5 Å². The lowest BCUT2D eigenvalue weighted by molar-refractivity contribution is -0.129. The van der Waals surface area contributed by atoms with Gasteiger partial charge in [-0.25, -0.2) is 4.39 Å². The second-order valence-corrected chi connectivity index (χ2v) is 6.65. The molecule has 3 rings (SSSR count). The van der Waals surface area contributed by atoms with Gasteiger partial charge in [0, 0.05) is 19.1 Å². The summed E-state index contributed by atoms with van der Waals surface area (Å²) in [6, 6.07) is 4.48. The van der Waals surface area contributed by atoms with Gasteiger partial charge in [0.15, 0.2) is 11.6 Å². The zero-order valence-corrected chi connectivity index (χ0v) is 13.8. The third kappa shape index (κ3) is 3.70. The molecule has 1 saturated carbocycles. The molecule has 6 heteroatoms. The number of benzene rings is 1. The summed E-state index contributed by atoms with van der Waals surface area (Å²) in [7, 11) is 1.42. The zero-order valence-electron chi connectivity index (χ0n) is 13.8. The Labute approximate surface area is 141 Å². The summed E-state index contributed by atoms with van der Waals surface area (Å²) in [5.74, 6) is -0.214. The summed E-state index contributed by atoms with van der Waals surface area (Å²) in [4.78, 5) is 12.6. The lowest BCUT2D eigenvalue weighted by Crippen LogP contribution is -2.44. The standard InChI is InChI=1S/C18H24FNO4/c1-23-16-3-2-12(10-15(16)19)17(13-8-14(21)9-13)20-18(22)11-4-6-24-7-5-11/h2-3,10-11,13-14,17,21H,4-9H2,1H3,(H,20,22)/t13?,14?,17-/m0/s1. The van der Waals surface area contributed by atoms with Crippen molar-refractivity contribution in [2.24, 2.45) is 11.8 Å². The number of aliphatic hydroxyl groups is 1. The van der Waals surface area contributed by atoms with Gasteiger partial charge in [-0.1, -0.05) is 6.07 Å². The van der Waals surface area contributed by atoms with Crippen LogP contribution in [0.1, 0.15) is 37.3 Å². The fourth-order valence-corrected chi connectivity index (χ4v) is 3.48. The van der Waals surface area contributed by atoms with E-state index in [1.165, 1.54) is 13.2 Å². The van der Waals surface area contributed by atoms with Gasteiger partial charge < -0.3 is 19.9 Å². The average molecular weight is 337 g/mol. The predicted octanol–water partition coefficient (Wildman–Crippen LogP) is 2.19. The summed E-state index contributed by atoms with van der Waals surface area (Å²) in [6.07, 6.45) is 2.32. The molecule has 2 fully saturated rings. The molecule has 0 unspecified atom stereocenters. The number of ether oxygens (including phenoxy) is 2. The quantitative estimate of drug-likeness (QED) is 0.864. The molecule has 1 aliphatic carbocycles. The van der Waals surface area contributed by atoms with Gasteiger partial charge in [-0.3, -0.25) is 4.79 Å². The second-order valence-electron chi connectivity index (χ2n) is 6.65. The number of rotatable bonds is 5. The molecule has 1 atom stereocenters. The van der Waals surface area contributed by atoms with E-state index >= 15 is 0 Å². The van der Waals surface area contributed by atoms with Crippen LogP contribution in [0.2, 0.25) is 0 Å². The molecule has 2 aliphatic rings. The topological polar surface area (TPSA) is 67.8 Å². The number of carbonyl (C=O) groups excluding carboxylic acids is 1. The first-order valence-corrected chi connectivity index (χ1v) is 8.48. The van der Waals surface area contributed by atoms with Crippen molar-refractivity contribution in [1.29, 1.82) is 0 Å². The van der Waals surface area contributed by atoms with Crippen molar-refractivity contribution >= 4 is 5.91 Å². The number of hydrogen-bond donors (Lipinski definition) is 2. The van der Waals surface area contributed by atoms with E-state index in [2.05, 4.69) is 5.32 Å². The molecule has 1 aromatic carbocycles. The van der Waals surface area contributed by atoms with E-state index < -0.39 is 5.82 Å². The molecule has 132 valence electrons. The maximum absolute atomic E-state index is 14.1. The first-order chi connectivity index (χ1) is 11.6. The number of aliphatic hydroxyl groups excluding tert-OH is 1. The van der Waals surface area contributed by atoms with Crippen LogP contribution < -0.4 is 10.1 Å². The van der Waals surface area contributed by atoms with Crippen molar-refractivity contribution in [1.82, 2.24) is 5.32 Å². The Bertz CT molecular complexity index is 582. The number of amides is 1. The van der Waals surface area contributed by atoms with Gasteiger partial charge in [0.05, 0.1) is 19.3 Å². The van der Waals surface area contributed by atoms with E-state index in [1.54, 1.807) is 12.1 Å². The fraction of sp³-hybridized carbons (Fsp3) is 0.611. The van der Waals surface area contributed by atoms with Crippen LogP contribution in [0.4, 0.5) is 4.39 Å². The van der Waals surface area contributed by atoms with Crippen LogP contribution >= 0.6 is 0 Å². The van der Waals surface area contributed by atoms with Crippen LogP contribution in [-0.4, -0.2) is 37.4 Å². The molecule has 0 spiro atoms. The first kappa shape index (κ1) is 17.2. The molecule has 1 saturated heterocycles. The van der Waals surface area contributed by atoms with Crippen LogP contribution in [0, 0.1) is 17.7 Å². The third-order valence-electron chi connectivity index (χ3n) is 5.05. The van der Waals surface area contributed by atoms with Gasteiger partial charge in [-0.15, -0.1) is 0 Å². The van der Waals surface area contributed by atoms with Crippen LogP contribution in [0.3, 0.4) is 0 Å². The number of carbonyl (C=O) groups is 1. The number of nitrogens with one attached hydrogen (secondary N) is 1. The smallest absolute Gasteiger partial charge is 0.223 e. The van der Waals surface area contributed by atoms with E-state index in [0.717, 1.165) is 0 Å². The van der Waals surface area contributed by atoms with Gasteiger partial charge >= 0.3 is 0 Å². The summed E-state index contributed by atoms with van der Waals surface area (Å²) in [5, 5.41) is 12.7. The SMILES string of the molecule is COc1ccc([C@H](NC(=O)C2CCOCC2)C2CC(O)C2)cc1F. The maximum Gasteiger partial charge on any atom is 0.223 e. The molecule has 1 aromatic rings. The molecule has 0 bridgehead atoms. The number of halogens is 1. The highest BCUT2D eigenvalue weighted by Crippen LogP contribution is 2.39. The normalized spacial score (nSPS) is 25.6. The van der Waals surface area contributed by atoms with Crippen LogP contribution in [0.5, 0.6) is 5.75 Å². The summed E-state index contributed by atoms with van der Waals surface area (Å²) < 4.78 is 24.3. The number of hydrogen-bond acceptors (Lipinski definition) is 4. The lowest BCUT2D eigenvalue weighted by Gasteiger charge is -2.39. The molecular weight excluding hydrogens is 313 g/mol. The molecule has 2 N–H and O–H groups in total. The molecule has 1 heterocycles. The molecule has 0 radical (unpaired) electrons. The summed E-state index contributed by atoms with van der Waals surface area (Å²) in [6.45, 7) is 1.20. The van der Waals surface area contributed by atoms with Crippen LogP contribution in [-0.2, 0) is 9.53 Å². The van der Waals surface area contributed by atoms with Gasteiger partial charge in [-0.2, -0.15) is 0 Å². The molecular formula is C18H24FNO4. The van der Waals surface area contributed by atoms with E-state index in [9.17, 15) is 14.3 Å². The summed E-state index contributed by atoms with van der Waals surface area (Å²) >= 11 is 0. The van der Waals surface area contributed by atoms with Crippen molar-refractivity contribution in [3.8, 4) is 5.75 Å². The third-order valence-corrected chi connectivity index (χ3v) is 5.05. The molecule has 0 aromatic heterocycles. The Morgan fingerprint density at radius 3 is 2.67 bits per heavy atom. The molecule has 24 heavy (non-hydrogen) atoms. The minimum atomic E-state index is -0.444.